The molecule has 0 atom stereocenters. The number of ether oxygens (including phenoxy) is 1. The Hall–Kier alpha value is -1.03. The van der Waals surface area contributed by atoms with Gasteiger partial charge in [-0.1, -0.05) is 15.9 Å². The van der Waals surface area contributed by atoms with Crippen molar-refractivity contribution in [1.82, 2.24) is 16.0 Å². The molecule has 0 saturated heterocycles. The van der Waals surface area contributed by atoms with Crippen LogP contribution in [0.5, 0.6) is 5.75 Å². The molecule has 0 radical (unpaired) electrons. The normalized spacial score (nSPS) is 13.6. The van der Waals surface area contributed by atoms with Gasteiger partial charge in [-0.05, 0) is 44.0 Å². The molecule has 1 aromatic carbocycles. The van der Waals surface area contributed by atoms with Crippen molar-refractivity contribution in [3.63, 3.8) is 0 Å². The molecule has 1 amide bonds. The minimum absolute atomic E-state index is 0. The second kappa shape index (κ2) is 12.3. The van der Waals surface area contributed by atoms with E-state index in [1.54, 1.807) is 0 Å². The number of halogens is 2. The zero-order valence-corrected chi connectivity index (χ0v) is 18.3. The maximum Gasteiger partial charge on any atom is 0.223 e. The Balaban J connectivity index is 0.00000312. The number of benzene rings is 1. The molecule has 0 unspecified atom stereocenters. The summed E-state index contributed by atoms with van der Waals surface area (Å²) >= 11 is 3.40. The van der Waals surface area contributed by atoms with E-state index in [0.717, 1.165) is 35.6 Å². The molecule has 0 aliphatic heterocycles. The maximum atomic E-state index is 11.5. The van der Waals surface area contributed by atoms with Crippen LogP contribution in [0.1, 0.15) is 19.8 Å². The van der Waals surface area contributed by atoms with Crippen LogP contribution in [0, 0.1) is 5.92 Å². The van der Waals surface area contributed by atoms with Gasteiger partial charge in [0.05, 0.1) is 13.1 Å². The Bertz CT molecular complexity index is 550. The summed E-state index contributed by atoms with van der Waals surface area (Å²) in [5.74, 6) is 1.98. The van der Waals surface area contributed by atoms with Gasteiger partial charge < -0.3 is 20.7 Å². The second-order valence-corrected chi connectivity index (χ2v) is 6.47. The van der Waals surface area contributed by atoms with Gasteiger partial charge in [-0.2, -0.15) is 0 Å². The molecular formula is C17H26BrIN4O2. The molecule has 1 aliphatic carbocycles. The van der Waals surface area contributed by atoms with Gasteiger partial charge in [0, 0.05) is 23.5 Å². The summed E-state index contributed by atoms with van der Waals surface area (Å²) in [7, 11) is 0. The van der Waals surface area contributed by atoms with Gasteiger partial charge in [0.15, 0.2) is 5.96 Å². The SMILES string of the molecule is CCNC(=NCCNC(=O)C1CC1)NCCOc1ccc(Br)cc1.I. The lowest BCUT2D eigenvalue weighted by Gasteiger charge is -2.12. The quantitative estimate of drug-likeness (QED) is 0.201. The highest BCUT2D eigenvalue weighted by molar-refractivity contribution is 14.0. The first-order valence-corrected chi connectivity index (χ1v) is 9.16. The third-order valence-electron chi connectivity index (χ3n) is 3.45. The molecule has 6 nitrogen and oxygen atoms in total. The molecule has 0 heterocycles. The first-order valence-electron chi connectivity index (χ1n) is 8.37. The van der Waals surface area contributed by atoms with E-state index in [9.17, 15) is 4.79 Å². The van der Waals surface area contributed by atoms with Crippen molar-refractivity contribution in [3.05, 3.63) is 28.7 Å². The fourth-order valence-electron chi connectivity index (χ4n) is 2.05. The van der Waals surface area contributed by atoms with Gasteiger partial charge in [0.2, 0.25) is 5.91 Å². The molecule has 1 fully saturated rings. The fraction of sp³-hybridized carbons (Fsp3) is 0.529. The highest BCUT2D eigenvalue weighted by atomic mass is 127. The number of guanidine groups is 1. The lowest BCUT2D eigenvalue weighted by molar-refractivity contribution is -0.122. The van der Waals surface area contributed by atoms with Gasteiger partial charge in [0.25, 0.3) is 0 Å². The largest absolute Gasteiger partial charge is 0.492 e. The van der Waals surface area contributed by atoms with E-state index in [-0.39, 0.29) is 35.8 Å². The van der Waals surface area contributed by atoms with Crippen molar-refractivity contribution in [1.29, 1.82) is 0 Å². The summed E-state index contributed by atoms with van der Waals surface area (Å²) in [6.07, 6.45) is 2.05. The molecule has 25 heavy (non-hydrogen) atoms. The topological polar surface area (TPSA) is 74.8 Å². The summed E-state index contributed by atoms with van der Waals surface area (Å²) < 4.78 is 6.69. The Morgan fingerprint density at radius 2 is 1.92 bits per heavy atom. The molecular weight excluding hydrogens is 499 g/mol. The number of amides is 1. The zero-order valence-electron chi connectivity index (χ0n) is 14.4. The minimum Gasteiger partial charge on any atom is -0.492 e. The summed E-state index contributed by atoms with van der Waals surface area (Å²) in [5.41, 5.74) is 0. The monoisotopic (exact) mass is 524 g/mol. The first kappa shape index (κ1) is 22.0. The van der Waals surface area contributed by atoms with Crippen LogP contribution in [0.4, 0.5) is 0 Å². The standard InChI is InChI=1S/C17H25BrN4O2.HI/c1-2-19-17(21-10-9-20-16(23)13-3-4-13)22-11-12-24-15-7-5-14(18)6-8-15;/h5-8,13H,2-4,9-12H2,1H3,(H,20,23)(H2,19,21,22);1H. The highest BCUT2D eigenvalue weighted by Crippen LogP contribution is 2.28. The number of hydrogen-bond donors (Lipinski definition) is 3. The van der Waals surface area contributed by atoms with E-state index in [0.29, 0.717) is 26.2 Å². The molecule has 0 spiro atoms. The molecule has 2 rings (SSSR count). The lowest BCUT2D eigenvalue weighted by atomic mass is 10.3. The third kappa shape index (κ3) is 9.29. The summed E-state index contributed by atoms with van der Waals surface area (Å²) in [6.45, 7) is 5.13. The number of nitrogens with one attached hydrogen (secondary N) is 3. The minimum atomic E-state index is 0. The van der Waals surface area contributed by atoms with E-state index in [1.165, 1.54) is 0 Å². The Kier molecular flexibility index (Phi) is 10.9. The van der Waals surface area contributed by atoms with Crippen molar-refractivity contribution >= 4 is 51.8 Å². The second-order valence-electron chi connectivity index (χ2n) is 5.56. The number of aliphatic imine (C=N–C) groups is 1. The third-order valence-corrected chi connectivity index (χ3v) is 3.98. The number of rotatable bonds is 9. The summed E-state index contributed by atoms with van der Waals surface area (Å²) in [4.78, 5) is 16.0. The van der Waals surface area contributed by atoms with E-state index in [4.69, 9.17) is 4.74 Å². The van der Waals surface area contributed by atoms with Crippen molar-refractivity contribution in [2.24, 2.45) is 10.9 Å². The van der Waals surface area contributed by atoms with Gasteiger partial charge in [-0.3, -0.25) is 9.79 Å². The molecule has 1 aromatic rings. The van der Waals surface area contributed by atoms with Gasteiger partial charge in [-0.25, -0.2) is 0 Å². The Morgan fingerprint density at radius 1 is 1.20 bits per heavy atom. The average molecular weight is 525 g/mol. The van der Waals surface area contributed by atoms with Crippen LogP contribution in [0.15, 0.2) is 33.7 Å². The number of nitrogens with zero attached hydrogens (tertiary/aromatic N) is 1. The number of carbonyl (C=O) groups is 1. The van der Waals surface area contributed by atoms with Gasteiger partial charge in [0.1, 0.15) is 12.4 Å². The van der Waals surface area contributed by atoms with Crippen LogP contribution in [-0.2, 0) is 4.79 Å². The fourth-order valence-corrected chi connectivity index (χ4v) is 2.31. The van der Waals surface area contributed by atoms with Crippen LogP contribution in [0.2, 0.25) is 0 Å². The van der Waals surface area contributed by atoms with Crippen molar-refractivity contribution in [2.45, 2.75) is 19.8 Å². The maximum absolute atomic E-state index is 11.5. The highest BCUT2D eigenvalue weighted by Gasteiger charge is 2.28. The molecule has 0 bridgehead atoms. The smallest absolute Gasteiger partial charge is 0.223 e. The van der Waals surface area contributed by atoms with Crippen molar-refractivity contribution in [3.8, 4) is 5.75 Å². The lowest BCUT2D eigenvalue weighted by Crippen LogP contribution is -2.40. The van der Waals surface area contributed by atoms with Crippen molar-refractivity contribution < 1.29 is 9.53 Å². The molecule has 0 aromatic heterocycles. The van der Waals surface area contributed by atoms with E-state index in [1.807, 2.05) is 31.2 Å². The Labute approximate surface area is 174 Å². The summed E-state index contributed by atoms with van der Waals surface area (Å²) in [6, 6.07) is 7.74. The van der Waals surface area contributed by atoms with Crippen LogP contribution in [0.3, 0.4) is 0 Å². The predicted octanol–water partition coefficient (Wildman–Crippen LogP) is 2.53. The molecule has 1 saturated carbocycles. The first-order chi connectivity index (χ1) is 11.7. The van der Waals surface area contributed by atoms with Crippen LogP contribution in [0.25, 0.3) is 0 Å². The van der Waals surface area contributed by atoms with Gasteiger partial charge in [-0.15, -0.1) is 24.0 Å². The van der Waals surface area contributed by atoms with E-state index in [2.05, 4.69) is 36.9 Å². The molecule has 8 heteroatoms. The van der Waals surface area contributed by atoms with Crippen LogP contribution in [-0.4, -0.2) is 44.7 Å². The van der Waals surface area contributed by atoms with Crippen LogP contribution >= 0.6 is 39.9 Å². The molecule has 3 N–H and O–H groups in total. The Morgan fingerprint density at radius 3 is 2.56 bits per heavy atom. The summed E-state index contributed by atoms with van der Waals surface area (Å²) in [5, 5.41) is 9.30. The van der Waals surface area contributed by atoms with E-state index < -0.39 is 0 Å². The zero-order chi connectivity index (χ0) is 17.2. The van der Waals surface area contributed by atoms with Crippen LogP contribution < -0.4 is 20.7 Å². The number of carbonyl (C=O) groups excluding carboxylic acids is 1. The van der Waals surface area contributed by atoms with Gasteiger partial charge >= 0.3 is 0 Å². The molecule has 140 valence electrons. The predicted molar refractivity (Wildman–Crippen MR) is 115 cm³/mol. The average Bonchev–Trinajstić information content (AvgIpc) is 3.41. The van der Waals surface area contributed by atoms with Crippen molar-refractivity contribution in [2.75, 3.05) is 32.8 Å². The van der Waals surface area contributed by atoms with E-state index >= 15 is 0 Å². The number of hydrogen-bond acceptors (Lipinski definition) is 3. The molecule has 1 aliphatic rings.